The van der Waals surface area contributed by atoms with Crippen molar-refractivity contribution in [2.75, 3.05) is 17.7 Å². The van der Waals surface area contributed by atoms with E-state index < -0.39 is 5.82 Å². The summed E-state index contributed by atoms with van der Waals surface area (Å²) >= 11 is 0. The van der Waals surface area contributed by atoms with Crippen molar-refractivity contribution in [3.05, 3.63) is 46.6 Å². The van der Waals surface area contributed by atoms with Gasteiger partial charge < -0.3 is 15.4 Å². The van der Waals surface area contributed by atoms with Crippen LogP contribution in [-0.2, 0) is 18.9 Å². The van der Waals surface area contributed by atoms with Gasteiger partial charge in [-0.2, -0.15) is 5.10 Å². The second kappa shape index (κ2) is 7.76. The van der Waals surface area contributed by atoms with E-state index in [0.29, 0.717) is 33.9 Å². The first-order valence-corrected chi connectivity index (χ1v) is 10.4. The van der Waals surface area contributed by atoms with Crippen molar-refractivity contribution < 1.29 is 13.9 Å². The third-order valence-electron chi connectivity index (χ3n) is 5.56. The molecule has 0 unspecified atom stereocenters. The number of hydrogen-bond donors (Lipinski definition) is 3. The number of ether oxygens (including phenoxy) is 1. The summed E-state index contributed by atoms with van der Waals surface area (Å²) in [5, 5.41) is 13.4. The Morgan fingerprint density at radius 2 is 2.03 bits per heavy atom. The highest BCUT2D eigenvalue weighted by atomic mass is 19.1. The Kier molecular flexibility index (Phi) is 4.88. The molecule has 3 aromatic heterocycles. The molecule has 5 rings (SSSR count). The lowest BCUT2D eigenvalue weighted by atomic mass is 10.1. The number of methoxy groups -OCH3 is 1. The predicted molar refractivity (Wildman–Crippen MR) is 121 cm³/mol. The number of pyridine rings is 1. The van der Waals surface area contributed by atoms with Crippen LogP contribution in [0.4, 0.5) is 21.6 Å². The number of rotatable bonds is 6. The van der Waals surface area contributed by atoms with Crippen LogP contribution in [-0.4, -0.2) is 37.6 Å². The summed E-state index contributed by atoms with van der Waals surface area (Å²) in [7, 11) is 4.75. The number of hydrogen-bond acceptors (Lipinski definition) is 6. The highest BCUT2D eigenvalue weighted by Crippen LogP contribution is 2.40. The molecule has 1 saturated carbocycles. The average Bonchev–Trinajstić information content (AvgIpc) is 3.49. The molecule has 0 radical (unpaired) electrons. The van der Waals surface area contributed by atoms with E-state index in [1.165, 1.54) is 23.9 Å². The van der Waals surface area contributed by atoms with Crippen molar-refractivity contribution in [1.29, 1.82) is 0 Å². The highest BCUT2D eigenvalue weighted by molar-refractivity contribution is 5.98. The van der Waals surface area contributed by atoms with Crippen LogP contribution in [0.5, 0.6) is 5.75 Å². The molecule has 10 nitrogen and oxygen atoms in total. The van der Waals surface area contributed by atoms with Crippen molar-refractivity contribution in [2.45, 2.75) is 12.8 Å². The van der Waals surface area contributed by atoms with Crippen molar-refractivity contribution in [3.63, 3.8) is 0 Å². The number of nitrogens with zero attached hydrogens (tertiary/aromatic N) is 4. The van der Waals surface area contributed by atoms with Crippen LogP contribution in [0.3, 0.4) is 0 Å². The molecule has 0 bridgehead atoms. The first-order valence-electron chi connectivity index (χ1n) is 10.4. The zero-order valence-corrected chi connectivity index (χ0v) is 18.3. The summed E-state index contributed by atoms with van der Waals surface area (Å²) in [6, 6.07) is 6.09. The molecule has 0 aliphatic heterocycles. The molecule has 3 N–H and O–H groups in total. The third-order valence-corrected chi connectivity index (χ3v) is 5.56. The maximum absolute atomic E-state index is 14.8. The molecule has 3 heterocycles. The first kappa shape index (κ1) is 20.7. The second-order valence-electron chi connectivity index (χ2n) is 8.02. The third kappa shape index (κ3) is 3.71. The average molecular weight is 451 g/mol. The molecule has 33 heavy (non-hydrogen) atoms. The van der Waals surface area contributed by atoms with Gasteiger partial charge in [0.15, 0.2) is 11.4 Å². The van der Waals surface area contributed by atoms with Gasteiger partial charge in [-0.1, -0.05) is 0 Å². The summed E-state index contributed by atoms with van der Waals surface area (Å²) in [4.78, 5) is 29.4. The molecule has 4 aromatic rings. The lowest BCUT2D eigenvalue weighted by Crippen LogP contribution is -2.15. The summed E-state index contributed by atoms with van der Waals surface area (Å²) in [5.41, 5.74) is 1.43. The molecule has 0 spiro atoms. The van der Waals surface area contributed by atoms with Crippen LogP contribution >= 0.6 is 0 Å². The number of halogens is 1. The van der Waals surface area contributed by atoms with Gasteiger partial charge in [-0.15, -0.1) is 0 Å². The second-order valence-corrected chi connectivity index (χ2v) is 8.02. The lowest BCUT2D eigenvalue weighted by Gasteiger charge is -2.16. The fraction of sp³-hybridized carbons (Fsp3) is 0.273. The largest absolute Gasteiger partial charge is 0.494 e. The summed E-state index contributed by atoms with van der Waals surface area (Å²) < 4.78 is 23.2. The molecule has 1 aromatic carbocycles. The molecule has 0 saturated heterocycles. The minimum atomic E-state index is -0.495. The predicted octanol–water partition coefficient (Wildman–Crippen LogP) is 2.90. The molecule has 11 heteroatoms. The van der Waals surface area contributed by atoms with Gasteiger partial charge in [0.1, 0.15) is 17.0 Å². The number of amides is 1. The Balaban J connectivity index is 1.62. The molecular formula is C22H22FN7O3. The lowest BCUT2D eigenvalue weighted by molar-refractivity contribution is -0.117. The van der Waals surface area contributed by atoms with Crippen LogP contribution < -0.4 is 20.9 Å². The standard InChI is InChI=1S/C22H22FN7O3/c1-29-9-8-13(27-29)17-12(23)6-7-14(19(17)33-3)24-15-10-16(26-21(31)11-4-5-11)25-20-18(15)22(32)30(2)28-20/h6-11H,4-5H2,1-3H3,(H3,24,25,26,28,31). The monoisotopic (exact) mass is 451 g/mol. The smallest absolute Gasteiger partial charge is 0.277 e. The number of carbonyl (C=O) groups is 1. The SMILES string of the molecule is COc1c(Nc2cc(NC(=O)C3CC3)nc3[nH]n(C)c(=O)c23)ccc(F)c1-c1ccn(C)n1. The normalized spacial score (nSPS) is 13.3. The van der Waals surface area contributed by atoms with Crippen molar-refractivity contribution in [1.82, 2.24) is 24.5 Å². The molecule has 1 fully saturated rings. The van der Waals surface area contributed by atoms with E-state index in [2.05, 4.69) is 25.8 Å². The van der Waals surface area contributed by atoms with Gasteiger partial charge in [-0.3, -0.25) is 24.1 Å². The van der Waals surface area contributed by atoms with Crippen LogP contribution in [0.15, 0.2) is 35.3 Å². The number of aromatic amines is 1. The van der Waals surface area contributed by atoms with Crippen molar-refractivity contribution in [3.8, 4) is 17.0 Å². The van der Waals surface area contributed by atoms with E-state index in [9.17, 15) is 14.0 Å². The summed E-state index contributed by atoms with van der Waals surface area (Å²) in [6.07, 6.45) is 3.41. The van der Waals surface area contributed by atoms with E-state index in [-0.39, 0.29) is 28.7 Å². The van der Waals surface area contributed by atoms with Crippen LogP contribution in [0, 0.1) is 11.7 Å². The number of fused-ring (bicyclic) bond motifs is 1. The molecule has 1 aliphatic rings. The first-order chi connectivity index (χ1) is 15.9. The van der Waals surface area contributed by atoms with Gasteiger partial charge in [-0.25, -0.2) is 9.37 Å². The number of nitrogens with one attached hydrogen (secondary N) is 3. The van der Waals surface area contributed by atoms with E-state index >= 15 is 0 Å². The van der Waals surface area contributed by atoms with Gasteiger partial charge in [0.25, 0.3) is 5.56 Å². The van der Waals surface area contributed by atoms with Crippen molar-refractivity contribution in [2.24, 2.45) is 20.0 Å². The van der Waals surface area contributed by atoms with Crippen molar-refractivity contribution >= 4 is 34.1 Å². The van der Waals surface area contributed by atoms with Gasteiger partial charge in [0.2, 0.25) is 5.91 Å². The molecule has 1 amide bonds. The maximum Gasteiger partial charge on any atom is 0.277 e. The van der Waals surface area contributed by atoms with Crippen LogP contribution in [0.1, 0.15) is 12.8 Å². The number of anilines is 3. The van der Waals surface area contributed by atoms with Gasteiger partial charge >= 0.3 is 0 Å². The number of carbonyl (C=O) groups excluding carboxylic acids is 1. The Hall–Kier alpha value is -4.15. The number of aryl methyl sites for hydroxylation is 2. The topological polar surface area (TPSA) is 119 Å². The maximum atomic E-state index is 14.8. The Bertz CT molecular complexity index is 1450. The van der Waals surface area contributed by atoms with Gasteiger partial charge in [-0.05, 0) is 31.0 Å². The Morgan fingerprint density at radius 1 is 1.24 bits per heavy atom. The van der Waals surface area contributed by atoms with Crippen LogP contribution in [0.25, 0.3) is 22.3 Å². The number of aromatic nitrogens is 5. The minimum absolute atomic E-state index is 0.00754. The number of H-pyrrole nitrogens is 1. The van der Waals surface area contributed by atoms with E-state index in [0.717, 1.165) is 12.8 Å². The minimum Gasteiger partial charge on any atom is -0.494 e. The molecule has 0 atom stereocenters. The quantitative estimate of drug-likeness (QED) is 0.415. The van der Waals surface area contributed by atoms with E-state index in [1.807, 2.05) is 0 Å². The number of benzene rings is 1. The zero-order chi connectivity index (χ0) is 23.3. The molecular weight excluding hydrogens is 429 g/mol. The summed E-state index contributed by atoms with van der Waals surface area (Å²) in [5.74, 6) is -0.0787. The highest BCUT2D eigenvalue weighted by Gasteiger charge is 2.30. The van der Waals surface area contributed by atoms with Gasteiger partial charge in [0.05, 0.1) is 29.7 Å². The van der Waals surface area contributed by atoms with Crippen LogP contribution in [0.2, 0.25) is 0 Å². The fourth-order valence-electron chi connectivity index (χ4n) is 3.76. The fourth-order valence-corrected chi connectivity index (χ4v) is 3.76. The zero-order valence-electron chi connectivity index (χ0n) is 18.3. The van der Waals surface area contributed by atoms with Gasteiger partial charge in [0, 0.05) is 32.3 Å². The van der Waals surface area contributed by atoms with E-state index in [4.69, 9.17) is 4.74 Å². The molecule has 170 valence electrons. The van der Waals surface area contributed by atoms with E-state index in [1.54, 1.807) is 37.1 Å². The Labute approximate surface area is 187 Å². The molecule has 1 aliphatic carbocycles. The Morgan fingerprint density at radius 3 is 2.70 bits per heavy atom. The summed E-state index contributed by atoms with van der Waals surface area (Å²) in [6.45, 7) is 0.